The number of methoxy groups -OCH3 is 1. The lowest BCUT2D eigenvalue weighted by Gasteiger charge is -2.31. The third-order valence-corrected chi connectivity index (χ3v) is 8.59. The molecule has 1 aliphatic heterocycles. The van der Waals surface area contributed by atoms with E-state index >= 15 is 0 Å². The first-order valence-electron chi connectivity index (χ1n) is 16.8. The van der Waals surface area contributed by atoms with Crippen LogP contribution in [0.3, 0.4) is 0 Å². The van der Waals surface area contributed by atoms with Crippen LogP contribution >= 0.6 is 0 Å². The number of carbonyl (C=O) groups excluding carboxylic acids is 6. The molecule has 0 aliphatic carbocycles. The van der Waals surface area contributed by atoms with E-state index in [1.165, 1.54) is 18.6 Å². The number of Topliss-reactive ketones (excluding diaryl/α,β-unsaturated/α-hetero) is 1. The van der Waals surface area contributed by atoms with Crippen molar-refractivity contribution in [1.82, 2.24) is 30.8 Å². The molecule has 1 fully saturated rings. The number of carbonyl (C=O) groups is 6. The van der Waals surface area contributed by atoms with Crippen molar-refractivity contribution in [2.24, 2.45) is 11.8 Å². The Morgan fingerprint density at radius 2 is 1.69 bits per heavy atom. The number of imide groups is 1. The molecule has 51 heavy (non-hydrogen) atoms. The third-order valence-electron chi connectivity index (χ3n) is 8.59. The van der Waals surface area contributed by atoms with E-state index in [-0.39, 0.29) is 37.6 Å². The van der Waals surface area contributed by atoms with E-state index in [0.717, 1.165) is 17.6 Å². The first kappa shape index (κ1) is 40.7. The standard InChI is InChI=1S/C35H46F2N6O8/c1-6-21(4)29(41-31(45)24(14-20(2)3)40-32(46)25-17-38-12-13-39-25)34(48)42-33(47)27-15-23(51-19-22-10-8-7-9-11-22)18-43(27)26(16-28(36)37)30(44)35(49)50-5/h7-13,17,20-21,23-24,26-29H,6,14-16,18-19H2,1-5H3,(H,40,46)(H,41,45)(H,42,47,48)/t21-,23+,24-,26-,27-,29-/m0/s1. The number of amides is 4. The second-order valence-electron chi connectivity index (χ2n) is 12.8. The summed E-state index contributed by atoms with van der Waals surface area (Å²) < 4.78 is 38.0. The highest BCUT2D eigenvalue weighted by molar-refractivity contribution is 6.35. The molecule has 0 saturated carbocycles. The number of ether oxygens (including phenoxy) is 2. The van der Waals surface area contributed by atoms with Gasteiger partial charge in [-0.1, -0.05) is 64.4 Å². The van der Waals surface area contributed by atoms with Gasteiger partial charge in [0.05, 0.1) is 38.1 Å². The van der Waals surface area contributed by atoms with Crippen LogP contribution in [0.5, 0.6) is 0 Å². The highest BCUT2D eigenvalue weighted by Gasteiger charge is 2.46. The van der Waals surface area contributed by atoms with Crippen LogP contribution in [0, 0.1) is 11.8 Å². The molecular weight excluding hydrogens is 670 g/mol. The van der Waals surface area contributed by atoms with E-state index in [2.05, 4.69) is 30.7 Å². The van der Waals surface area contributed by atoms with Gasteiger partial charge in [0.2, 0.25) is 24.1 Å². The maximum absolute atomic E-state index is 13.8. The van der Waals surface area contributed by atoms with Gasteiger partial charge in [-0.3, -0.25) is 39.2 Å². The van der Waals surface area contributed by atoms with Crippen LogP contribution < -0.4 is 16.0 Å². The lowest BCUT2D eigenvalue weighted by molar-refractivity contribution is -0.155. The molecule has 2 aromatic rings. The molecule has 1 aliphatic rings. The summed E-state index contributed by atoms with van der Waals surface area (Å²) in [6, 6.07) is 3.66. The van der Waals surface area contributed by atoms with Crippen LogP contribution in [-0.2, 0) is 40.1 Å². The Labute approximate surface area is 295 Å². The maximum Gasteiger partial charge on any atom is 0.376 e. The topological polar surface area (TPSA) is 186 Å². The van der Waals surface area contributed by atoms with Gasteiger partial charge in [-0.05, 0) is 30.2 Å². The number of halogens is 2. The van der Waals surface area contributed by atoms with Crippen molar-refractivity contribution in [3.63, 3.8) is 0 Å². The van der Waals surface area contributed by atoms with Crippen LogP contribution in [0.15, 0.2) is 48.9 Å². The smallest absolute Gasteiger partial charge is 0.376 e. The van der Waals surface area contributed by atoms with Crippen LogP contribution in [-0.4, -0.2) is 101 Å². The fraction of sp³-hybridized carbons (Fsp3) is 0.543. The number of nitrogens with one attached hydrogen (secondary N) is 3. The highest BCUT2D eigenvalue weighted by Crippen LogP contribution is 2.28. The Balaban J connectivity index is 1.84. The SMILES string of the molecule is CC[C@H](C)[C@H](NC(=O)[C@H](CC(C)C)NC(=O)c1cnccn1)C(=O)NC(=O)[C@@H]1C[C@@H](OCc2ccccc2)CN1[C@@H](CC(F)F)C(=O)C(=O)OC. The first-order chi connectivity index (χ1) is 24.2. The fourth-order valence-electron chi connectivity index (χ4n) is 5.72. The van der Waals surface area contributed by atoms with E-state index in [1.54, 1.807) is 26.0 Å². The van der Waals surface area contributed by atoms with Crippen molar-refractivity contribution in [2.45, 2.75) is 96.7 Å². The number of hydrogen-bond donors (Lipinski definition) is 3. The number of hydrogen-bond acceptors (Lipinski definition) is 11. The number of aromatic nitrogens is 2. The van der Waals surface area contributed by atoms with Crippen LogP contribution in [0.1, 0.15) is 69.4 Å². The molecule has 4 amide bonds. The summed E-state index contributed by atoms with van der Waals surface area (Å²) in [7, 11) is 0.939. The van der Waals surface area contributed by atoms with Crippen LogP contribution in [0.25, 0.3) is 0 Å². The molecule has 16 heteroatoms. The predicted molar refractivity (Wildman–Crippen MR) is 179 cm³/mol. The van der Waals surface area contributed by atoms with Gasteiger partial charge < -0.3 is 20.1 Å². The molecular formula is C35H46F2N6O8. The molecule has 0 unspecified atom stereocenters. The zero-order chi connectivity index (χ0) is 37.7. The Hall–Kier alpha value is -4.70. The van der Waals surface area contributed by atoms with E-state index in [1.807, 2.05) is 32.0 Å². The van der Waals surface area contributed by atoms with Crippen molar-refractivity contribution in [1.29, 1.82) is 0 Å². The van der Waals surface area contributed by atoms with Gasteiger partial charge in [0.25, 0.3) is 11.7 Å². The summed E-state index contributed by atoms with van der Waals surface area (Å²) in [5, 5.41) is 7.59. The summed E-state index contributed by atoms with van der Waals surface area (Å²) >= 11 is 0. The monoisotopic (exact) mass is 716 g/mol. The van der Waals surface area contributed by atoms with Gasteiger partial charge in [0.1, 0.15) is 17.8 Å². The van der Waals surface area contributed by atoms with Gasteiger partial charge in [-0.15, -0.1) is 0 Å². The van der Waals surface area contributed by atoms with E-state index in [0.29, 0.717) is 6.42 Å². The molecule has 0 spiro atoms. The highest BCUT2D eigenvalue weighted by atomic mass is 19.3. The number of rotatable bonds is 18. The lowest BCUT2D eigenvalue weighted by Crippen LogP contribution is -2.59. The maximum atomic E-state index is 13.8. The minimum absolute atomic E-state index is 0.0103. The van der Waals surface area contributed by atoms with E-state index < -0.39 is 84.4 Å². The quantitative estimate of drug-likeness (QED) is 0.152. The fourth-order valence-corrected chi connectivity index (χ4v) is 5.72. The Morgan fingerprint density at radius 1 is 0.980 bits per heavy atom. The number of nitrogens with zero attached hydrogens (tertiary/aromatic N) is 3. The molecule has 1 saturated heterocycles. The molecule has 3 N–H and O–H groups in total. The third kappa shape index (κ3) is 12.0. The predicted octanol–water partition coefficient (Wildman–Crippen LogP) is 2.22. The summed E-state index contributed by atoms with van der Waals surface area (Å²) in [5.74, 6) is -6.29. The van der Waals surface area contributed by atoms with Gasteiger partial charge in [0, 0.05) is 25.4 Å². The number of ketones is 1. The lowest BCUT2D eigenvalue weighted by atomic mass is 9.96. The number of alkyl halides is 2. The Kier molecular flexibility index (Phi) is 15.7. The van der Waals surface area contributed by atoms with E-state index in [9.17, 15) is 37.5 Å². The molecule has 6 atom stereocenters. The van der Waals surface area contributed by atoms with Gasteiger partial charge in [-0.2, -0.15) is 0 Å². The van der Waals surface area contributed by atoms with Crippen molar-refractivity contribution in [2.75, 3.05) is 13.7 Å². The van der Waals surface area contributed by atoms with Crippen LogP contribution in [0.2, 0.25) is 0 Å². The average Bonchev–Trinajstić information content (AvgIpc) is 3.55. The van der Waals surface area contributed by atoms with Crippen molar-refractivity contribution in [3.8, 4) is 0 Å². The number of esters is 1. The Bertz CT molecular complexity index is 1500. The molecule has 278 valence electrons. The largest absolute Gasteiger partial charge is 0.463 e. The Morgan fingerprint density at radius 3 is 2.27 bits per heavy atom. The van der Waals surface area contributed by atoms with Crippen LogP contribution in [0.4, 0.5) is 8.78 Å². The molecule has 1 aromatic heterocycles. The molecule has 0 radical (unpaired) electrons. The molecule has 14 nitrogen and oxygen atoms in total. The number of benzene rings is 1. The minimum Gasteiger partial charge on any atom is -0.463 e. The first-order valence-corrected chi connectivity index (χ1v) is 16.8. The molecule has 3 rings (SSSR count). The molecule has 0 bridgehead atoms. The van der Waals surface area contributed by atoms with Gasteiger partial charge in [0.15, 0.2) is 0 Å². The average molecular weight is 717 g/mol. The molecule has 2 heterocycles. The zero-order valence-electron chi connectivity index (χ0n) is 29.3. The molecule has 1 aromatic carbocycles. The summed E-state index contributed by atoms with van der Waals surface area (Å²) in [6.07, 6.45) is -0.324. The number of likely N-dealkylation sites (tertiary alicyclic amines) is 1. The second kappa shape index (κ2) is 19.6. The summed E-state index contributed by atoms with van der Waals surface area (Å²) in [6.45, 7) is 7.11. The van der Waals surface area contributed by atoms with Gasteiger partial charge >= 0.3 is 5.97 Å². The minimum atomic E-state index is -3.02. The zero-order valence-corrected chi connectivity index (χ0v) is 29.3. The summed E-state index contributed by atoms with van der Waals surface area (Å²) in [4.78, 5) is 88.0. The van der Waals surface area contributed by atoms with Gasteiger partial charge in [-0.25, -0.2) is 18.6 Å². The van der Waals surface area contributed by atoms with Crippen molar-refractivity contribution < 1.29 is 47.0 Å². The summed E-state index contributed by atoms with van der Waals surface area (Å²) in [5.41, 5.74) is 0.793. The second-order valence-corrected chi connectivity index (χ2v) is 12.8. The normalized spacial score (nSPS) is 18.4. The van der Waals surface area contributed by atoms with E-state index in [4.69, 9.17) is 4.74 Å². The van der Waals surface area contributed by atoms with Crippen molar-refractivity contribution >= 4 is 35.4 Å². The van der Waals surface area contributed by atoms with Crippen molar-refractivity contribution in [3.05, 3.63) is 60.2 Å².